The first-order chi connectivity index (χ1) is 9.86. The van der Waals surface area contributed by atoms with E-state index < -0.39 is 16.0 Å². The molecule has 0 radical (unpaired) electrons. The van der Waals surface area contributed by atoms with Crippen LogP contribution in [0, 0.1) is 0 Å². The molecule has 0 unspecified atom stereocenters. The number of methoxy groups -OCH3 is 1. The summed E-state index contributed by atoms with van der Waals surface area (Å²) in [5, 5.41) is 0.245. The zero-order valence-electron chi connectivity index (χ0n) is 11.6. The molecule has 0 amide bonds. The number of nitrogens with zero attached hydrogens (tertiary/aromatic N) is 1. The fourth-order valence-corrected chi connectivity index (χ4v) is 4.16. The van der Waals surface area contributed by atoms with Crippen LogP contribution in [0.2, 0.25) is 5.02 Å². The van der Waals surface area contributed by atoms with Gasteiger partial charge in [-0.1, -0.05) is 11.6 Å². The van der Waals surface area contributed by atoms with Gasteiger partial charge in [0.2, 0.25) is 10.0 Å². The molecule has 0 aromatic heterocycles. The third-order valence-corrected chi connectivity index (χ3v) is 5.64. The van der Waals surface area contributed by atoms with Gasteiger partial charge in [-0.15, -0.1) is 0 Å². The first-order valence-corrected chi connectivity index (χ1v) is 8.31. The summed E-state index contributed by atoms with van der Waals surface area (Å²) in [6, 6.07) is 4.10. The van der Waals surface area contributed by atoms with E-state index in [9.17, 15) is 13.2 Å². The van der Waals surface area contributed by atoms with Crippen molar-refractivity contribution in [3.63, 3.8) is 0 Å². The second-order valence-electron chi connectivity index (χ2n) is 4.87. The van der Waals surface area contributed by atoms with Gasteiger partial charge in [-0.05, 0) is 31.0 Å². The molecular weight excluding hydrogens is 316 g/mol. The molecule has 0 spiro atoms. The summed E-state index contributed by atoms with van der Waals surface area (Å²) in [4.78, 5) is 11.6. The van der Waals surface area contributed by atoms with Crippen molar-refractivity contribution < 1.29 is 17.9 Å². The van der Waals surface area contributed by atoms with Crippen LogP contribution in [0.5, 0.6) is 0 Å². The summed E-state index contributed by atoms with van der Waals surface area (Å²) in [5.74, 6) is -0.709. The number of benzene rings is 1. The van der Waals surface area contributed by atoms with Crippen LogP contribution < -0.4 is 5.73 Å². The summed E-state index contributed by atoms with van der Waals surface area (Å²) >= 11 is 5.88. The minimum absolute atomic E-state index is 0.0101. The van der Waals surface area contributed by atoms with E-state index in [0.29, 0.717) is 25.9 Å². The van der Waals surface area contributed by atoms with E-state index in [2.05, 4.69) is 4.74 Å². The van der Waals surface area contributed by atoms with E-state index in [4.69, 9.17) is 17.3 Å². The number of rotatable bonds is 3. The number of nitrogens with two attached hydrogens (primary N) is 1. The Bertz CT molecular complexity index is 640. The normalized spacial score (nSPS) is 17.7. The smallest absolute Gasteiger partial charge is 0.339 e. The van der Waals surface area contributed by atoms with Crippen LogP contribution in [-0.4, -0.2) is 44.9 Å². The summed E-state index contributed by atoms with van der Waals surface area (Å²) in [5.41, 5.74) is 5.77. The van der Waals surface area contributed by atoms with E-state index in [-0.39, 0.29) is 21.5 Å². The molecule has 8 heteroatoms. The van der Waals surface area contributed by atoms with Gasteiger partial charge in [0.05, 0.1) is 17.6 Å². The van der Waals surface area contributed by atoms with Crippen LogP contribution >= 0.6 is 11.6 Å². The van der Waals surface area contributed by atoms with E-state index in [1.165, 1.54) is 29.6 Å². The minimum atomic E-state index is -3.80. The lowest BCUT2D eigenvalue weighted by Gasteiger charge is -2.29. The lowest BCUT2D eigenvalue weighted by atomic mass is 10.1. The van der Waals surface area contributed by atoms with Gasteiger partial charge in [-0.2, -0.15) is 4.31 Å². The number of sulfonamides is 1. The van der Waals surface area contributed by atoms with E-state index in [1.54, 1.807) is 0 Å². The van der Waals surface area contributed by atoms with Crippen molar-refractivity contribution in [2.45, 2.75) is 23.8 Å². The van der Waals surface area contributed by atoms with Crippen LogP contribution in [0.4, 0.5) is 0 Å². The maximum Gasteiger partial charge on any atom is 0.339 e. The number of halogens is 1. The van der Waals surface area contributed by atoms with Crippen molar-refractivity contribution in [1.29, 1.82) is 0 Å². The van der Waals surface area contributed by atoms with E-state index in [1.807, 2.05) is 0 Å². The molecule has 1 fully saturated rings. The zero-order valence-corrected chi connectivity index (χ0v) is 13.2. The quantitative estimate of drug-likeness (QED) is 0.841. The van der Waals surface area contributed by atoms with Gasteiger partial charge in [-0.3, -0.25) is 0 Å². The topological polar surface area (TPSA) is 89.7 Å². The molecule has 0 atom stereocenters. The van der Waals surface area contributed by atoms with Crippen molar-refractivity contribution in [3.8, 4) is 0 Å². The molecule has 0 aliphatic carbocycles. The maximum absolute atomic E-state index is 12.7. The van der Waals surface area contributed by atoms with Gasteiger partial charge in [0.25, 0.3) is 0 Å². The number of carbonyl (C=O) groups is 1. The number of ether oxygens (including phenoxy) is 1. The summed E-state index contributed by atoms with van der Waals surface area (Å²) in [6.45, 7) is 0.660. The molecule has 1 heterocycles. The first kappa shape index (κ1) is 16.2. The highest BCUT2D eigenvalue weighted by Gasteiger charge is 2.32. The molecule has 0 bridgehead atoms. The predicted octanol–water partition coefficient (Wildman–Crippen LogP) is 1.24. The second-order valence-corrected chi connectivity index (χ2v) is 7.22. The Balaban J connectivity index is 2.44. The Hall–Kier alpha value is -1.15. The highest BCUT2D eigenvalue weighted by Crippen LogP contribution is 2.26. The van der Waals surface area contributed by atoms with Crippen LogP contribution in [0.3, 0.4) is 0 Å². The third kappa shape index (κ3) is 3.37. The van der Waals surface area contributed by atoms with Crippen molar-refractivity contribution in [1.82, 2.24) is 4.31 Å². The first-order valence-electron chi connectivity index (χ1n) is 6.50. The molecule has 6 nitrogen and oxygen atoms in total. The zero-order chi connectivity index (χ0) is 15.6. The summed E-state index contributed by atoms with van der Waals surface area (Å²) in [6.07, 6.45) is 1.18. The molecule has 21 heavy (non-hydrogen) atoms. The molecule has 1 aromatic carbocycles. The van der Waals surface area contributed by atoms with Gasteiger partial charge < -0.3 is 10.5 Å². The van der Waals surface area contributed by atoms with Gasteiger partial charge in [0.1, 0.15) is 0 Å². The highest BCUT2D eigenvalue weighted by molar-refractivity contribution is 7.89. The largest absolute Gasteiger partial charge is 0.465 e. The van der Waals surface area contributed by atoms with Gasteiger partial charge >= 0.3 is 5.97 Å². The standard InChI is InChI=1S/C13H17ClN2O4S/c1-20-13(17)11-3-2-9(14)8-12(11)21(18,19)16-6-4-10(15)5-7-16/h2-3,8,10H,4-7,15H2,1H3. The summed E-state index contributed by atoms with van der Waals surface area (Å²) < 4.78 is 31.4. The monoisotopic (exact) mass is 332 g/mol. The SMILES string of the molecule is COC(=O)c1ccc(Cl)cc1S(=O)(=O)N1CCC(N)CC1. The number of hydrogen-bond acceptors (Lipinski definition) is 5. The number of carbonyl (C=O) groups excluding carboxylic acids is 1. The fourth-order valence-electron chi connectivity index (χ4n) is 2.24. The highest BCUT2D eigenvalue weighted by atomic mass is 35.5. The average Bonchev–Trinajstić information content (AvgIpc) is 2.47. The molecule has 1 aliphatic heterocycles. The van der Waals surface area contributed by atoms with Gasteiger partial charge in [-0.25, -0.2) is 13.2 Å². The number of piperidine rings is 1. The van der Waals surface area contributed by atoms with E-state index in [0.717, 1.165) is 0 Å². The lowest BCUT2D eigenvalue weighted by Crippen LogP contribution is -2.43. The van der Waals surface area contributed by atoms with Crippen molar-refractivity contribution >= 4 is 27.6 Å². The Morgan fingerprint density at radius 2 is 2.00 bits per heavy atom. The van der Waals surface area contributed by atoms with Gasteiger partial charge in [0.15, 0.2) is 0 Å². The van der Waals surface area contributed by atoms with Gasteiger partial charge in [0, 0.05) is 24.2 Å². The Labute approximate surface area is 128 Å². The Morgan fingerprint density at radius 1 is 1.38 bits per heavy atom. The molecule has 1 aliphatic rings. The van der Waals surface area contributed by atoms with Crippen molar-refractivity contribution in [2.75, 3.05) is 20.2 Å². The molecular formula is C13H17ClN2O4S. The summed E-state index contributed by atoms with van der Waals surface area (Å²) in [7, 11) is -2.60. The third-order valence-electron chi connectivity index (χ3n) is 3.47. The van der Waals surface area contributed by atoms with E-state index >= 15 is 0 Å². The van der Waals surface area contributed by atoms with Crippen LogP contribution in [0.15, 0.2) is 23.1 Å². The lowest BCUT2D eigenvalue weighted by molar-refractivity contribution is 0.0596. The van der Waals surface area contributed by atoms with Crippen LogP contribution in [0.1, 0.15) is 23.2 Å². The molecule has 0 saturated carbocycles. The second kappa shape index (κ2) is 6.31. The molecule has 1 aromatic rings. The number of hydrogen-bond donors (Lipinski definition) is 1. The Kier molecular flexibility index (Phi) is 4.88. The molecule has 1 saturated heterocycles. The van der Waals surface area contributed by atoms with Crippen molar-refractivity contribution in [2.24, 2.45) is 5.73 Å². The average molecular weight is 333 g/mol. The van der Waals surface area contributed by atoms with Crippen LogP contribution in [-0.2, 0) is 14.8 Å². The predicted molar refractivity (Wildman–Crippen MR) is 78.8 cm³/mol. The minimum Gasteiger partial charge on any atom is -0.465 e. The molecule has 2 N–H and O–H groups in total. The fraction of sp³-hybridized carbons (Fsp3) is 0.462. The molecule has 2 rings (SSSR count). The van der Waals surface area contributed by atoms with Crippen molar-refractivity contribution in [3.05, 3.63) is 28.8 Å². The maximum atomic E-state index is 12.7. The molecule has 116 valence electrons. The Morgan fingerprint density at radius 3 is 2.57 bits per heavy atom. The van der Waals surface area contributed by atoms with Crippen LogP contribution in [0.25, 0.3) is 0 Å². The number of esters is 1.